The highest BCUT2D eigenvalue weighted by Crippen LogP contribution is 2.12. The van der Waals surface area contributed by atoms with Gasteiger partial charge in [-0.05, 0) is 38.8 Å². The Kier molecular flexibility index (Phi) is 13.6. The molecule has 0 saturated heterocycles. The monoisotopic (exact) mass is 462 g/mol. The molecule has 8 heteroatoms. The van der Waals surface area contributed by atoms with Crippen LogP contribution in [0, 0.1) is 0 Å². The lowest BCUT2D eigenvalue weighted by atomic mass is 10.1. The van der Waals surface area contributed by atoms with Gasteiger partial charge in [-0.2, -0.15) is 11.8 Å². The molecule has 1 unspecified atom stereocenters. The number of carbonyl (C=O) groups excluding carboxylic acids is 2. The second-order valence-electron chi connectivity index (χ2n) is 7.43. The van der Waals surface area contributed by atoms with Gasteiger partial charge < -0.3 is 20.5 Å². The van der Waals surface area contributed by atoms with Gasteiger partial charge in [0, 0.05) is 30.2 Å². The fourth-order valence-corrected chi connectivity index (χ4v) is 3.70. The number of esters is 1. The van der Waals surface area contributed by atoms with E-state index in [2.05, 4.69) is 36.6 Å². The molecule has 0 heterocycles. The highest BCUT2D eigenvalue weighted by Gasteiger charge is 2.21. The van der Waals surface area contributed by atoms with Crippen molar-refractivity contribution in [3.8, 4) is 0 Å². The van der Waals surface area contributed by atoms with E-state index in [0.29, 0.717) is 11.5 Å². The molecule has 0 aliphatic heterocycles. The number of methoxy groups -OCH3 is 1. The number of benzene rings is 1. The third-order valence-electron chi connectivity index (χ3n) is 4.60. The van der Waals surface area contributed by atoms with Crippen LogP contribution in [-0.4, -0.2) is 54.2 Å². The molecule has 0 aliphatic rings. The lowest BCUT2D eigenvalue weighted by Gasteiger charge is -2.15. The number of anilines is 1. The van der Waals surface area contributed by atoms with Crippen molar-refractivity contribution in [3.05, 3.63) is 53.6 Å². The molecule has 0 aromatic heterocycles. The maximum absolute atomic E-state index is 11.9. The van der Waals surface area contributed by atoms with Gasteiger partial charge in [-0.1, -0.05) is 41.5 Å². The van der Waals surface area contributed by atoms with Gasteiger partial charge in [-0.25, -0.2) is 4.79 Å². The van der Waals surface area contributed by atoms with E-state index in [1.165, 1.54) is 30.0 Å². The Hall–Kier alpha value is -2.74. The average molecular weight is 463 g/mol. The molecular weight excluding hydrogens is 428 g/mol. The Labute approximate surface area is 194 Å². The van der Waals surface area contributed by atoms with E-state index >= 15 is 0 Å². The number of allylic oxidation sites excluding steroid dienone is 2. The number of para-hydroxylation sites is 1. The molecule has 0 fully saturated rings. The molecule has 0 spiro atoms. The molecule has 3 N–H and O–H groups in total. The summed E-state index contributed by atoms with van der Waals surface area (Å²) in [7, 11) is 1.26. The molecule has 1 atom stereocenters. The molecule has 1 amide bonds. The van der Waals surface area contributed by atoms with Gasteiger partial charge >= 0.3 is 11.9 Å². The first-order valence-electron chi connectivity index (χ1n) is 10.6. The largest absolute Gasteiger partial charge is 0.481 e. The second kappa shape index (κ2) is 16.0. The zero-order valence-corrected chi connectivity index (χ0v) is 19.9. The Morgan fingerprint density at radius 2 is 1.78 bits per heavy atom. The van der Waals surface area contributed by atoms with E-state index in [9.17, 15) is 14.4 Å². The Balaban J connectivity index is 2.33. The van der Waals surface area contributed by atoms with Crippen molar-refractivity contribution in [2.45, 2.75) is 45.6 Å². The predicted octanol–water partition coefficient (Wildman–Crippen LogP) is 4.03. The summed E-state index contributed by atoms with van der Waals surface area (Å²) in [5.41, 5.74) is 3.66. The first-order chi connectivity index (χ1) is 15.3. The van der Waals surface area contributed by atoms with E-state index in [1.807, 2.05) is 30.3 Å². The highest BCUT2D eigenvalue weighted by atomic mass is 32.2. The van der Waals surface area contributed by atoms with E-state index in [4.69, 9.17) is 9.84 Å². The number of ether oxygens (including phenoxy) is 1. The van der Waals surface area contributed by atoms with Crippen molar-refractivity contribution in [1.82, 2.24) is 5.32 Å². The Morgan fingerprint density at radius 3 is 2.44 bits per heavy atom. The number of rotatable bonds is 15. The Bertz CT molecular complexity index is 793. The van der Waals surface area contributed by atoms with Gasteiger partial charge in [0.1, 0.15) is 6.04 Å². The fourth-order valence-electron chi connectivity index (χ4n) is 2.70. The minimum Gasteiger partial charge on any atom is -0.481 e. The van der Waals surface area contributed by atoms with Gasteiger partial charge in [-0.3, -0.25) is 9.59 Å². The molecule has 7 nitrogen and oxygen atoms in total. The maximum Gasteiger partial charge on any atom is 0.329 e. The van der Waals surface area contributed by atoms with Crippen molar-refractivity contribution in [3.63, 3.8) is 0 Å². The van der Waals surface area contributed by atoms with Gasteiger partial charge in [0.05, 0.1) is 13.5 Å². The number of carboxylic acid groups (broad SMARTS) is 1. The average Bonchev–Trinajstić information content (AvgIpc) is 2.78. The number of hydrogen-bond acceptors (Lipinski definition) is 6. The first-order valence-corrected chi connectivity index (χ1v) is 11.7. The molecule has 1 aromatic carbocycles. The lowest BCUT2D eigenvalue weighted by Crippen LogP contribution is -2.43. The topological polar surface area (TPSA) is 105 Å². The van der Waals surface area contributed by atoms with Crippen molar-refractivity contribution < 1.29 is 24.2 Å². The third kappa shape index (κ3) is 12.8. The van der Waals surface area contributed by atoms with Crippen LogP contribution < -0.4 is 10.6 Å². The lowest BCUT2D eigenvalue weighted by molar-refractivity contribution is -0.144. The fraction of sp³-hybridized carbons (Fsp3) is 0.458. The molecule has 32 heavy (non-hydrogen) atoms. The standard InChI is InChI=1S/C24H34N2O5S/c1-18(8-7-9-19(2)16-25-20-10-5-4-6-11-20)14-15-32-17-21(24(30)31-3)26-22(27)12-13-23(28)29/h4-6,9-11,14,21,25H,7-8,12-13,15-17H2,1-3H3,(H,26,27)(H,28,29). The minimum absolute atomic E-state index is 0.166. The predicted molar refractivity (Wildman–Crippen MR) is 130 cm³/mol. The summed E-state index contributed by atoms with van der Waals surface area (Å²) < 4.78 is 4.73. The Morgan fingerprint density at radius 1 is 1.06 bits per heavy atom. The molecule has 0 bridgehead atoms. The molecular formula is C24H34N2O5S. The molecule has 176 valence electrons. The summed E-state index contributed by atoms with van der Waals surface area (Å²) in [5.74, 6) is -0.991. The number of carboxylic acids is 1. The van der Waals surface area contributed by atoms with Gasteiger partial charge in [0.25, 0.3) is 0 Å². The van der Waals surface area contributed by atoms with Crippen molar-refractivity contribution in [2.24, 2.45) is 0 Å². The quantitative estimate of drug-likeness (QED) is 0.205. The minimum atomic E-state index is -1.05. The van der Waals surface area contributed by atoms with Crippen molar-refractivity contribution in [1.29, 1.82) is 0 Å². The van der Waals surface area contributed by atoms with Gasteiger partial charge in [0.15, 0.2) is 0 Å². The molecule has 0 saturated carbocycles. The van der Waals surface area contributed by atoms with E-state index in [1.54, 1.807) is 0 Å². The number of hydrogen-bond donors (Lipinski definition) is 3. The van der Waals surface area contributed by atoms with Gasteiger partial charge in [-0.15, -0.1) is 0 Å². The SMILES string of the molecule is COC(=O)C(CSCC=C(C)CCC=C(C)CNc1ccccc1)NC(=O)CCC(=O)O. The van der Waals surface area contributed by atoms with Crippen LogP contribution in [0.25, 0.3) is 0 Å². The van der Waals surface area contributed by atoms with Gasteiger partial charge in [0.2, 0.25) is 5.91 Å². The number of thioether (sulfide) groups is 1. The zero-order chi connectivity index (χ0) is 23.8. The summed E-state index contributed by atoms with van der Waals surface area (Å²) in [6.45, 7) is 5.01. The van der Waals surface area contributed by atoms with E-state index in [-0.39, 0.29) is 12.8 Å². The number of nitrogens with one attached hydrogen (secondary N) is 2. The van der Waals surface area contributed by atoms with Crippen LogP contribution in [-0.2, 0) is 19.1 Å². The summed E-state index contributed by atoms with van der Waals surface area (Å²) in [5, 5.41) is 14.6. The van der Waals surface area contributed by atoms with Crippen LogP contribution in [0.4, 0.5) is 5.69 Å². The first kappa shape index (κ1) is 27.3. The number of amides is 1. The van der Waals surface area contributed by atoms with Crippen LogP contribution in [0.2, 0.25) is 0 Å². The number of aliphatic carboxylic acids is 1. The molecule has 1 aromatic rings. The van der Waals surface area contributed by atoms with Crippen molar-refractivity contribution in [2.75, 3.05) is 30.5 Å². The van der Waals surface area contributed by atoms with Crippen LogP contribution in [0.5, 0.6) is 0 Å². The zero-order valence-electron chi connectivity index (χ0n) is 19.1. The van der Waals surface area contributed by atoms with Crippen molar-refractivity contribution >= 4 is 35.3 Å². The number of carbonyl (C=O) groups is 3. The third-order valence-corrected chi connectivity index (χ3v) is 5.57. The van der Waals surface area contributed by atoms with Crippen LogP contribution in [0.3, 0.4) is 0 Å². The molecule has 0 aliphatic carbocycles. The normalized spacial score (nSPS) is 12.7. The molecule has 1 rings (SSSR count). The summed E-state index contributed by atoms with van der Waals surface area (Å²) in [6, 6.07) is 9.31. The summed E-state index contributed by atoms with van der Waals surface area (Å²) in [6.07, 6.45) is 5.83. The highest BCUT2D eigenvalue weighted by molar-refractivity contribution is 7.99. The second-order valence-corrected chi connectivity index (χ2v) is 8.51. The van der Waals surface area contributed by atoms with E-state index in [0.717, 1.165) is 25.1 Å². The van der Waals surface area contributed by atoms with E-state index < -0.39 is 23.9 Å². The maximum atomic E-state index is 11.9. The smallest absolute Gasteiger partial charge is 0.329 e. The van der Waals surface area contributed by atoms with Crippen LogP contribution in [0.1, 0.15) is 39.5 Å². The molecule has 0 radical (unpaired) electrons. The van der Waals surface area contributed by atoms with Crippen LogP contribution >= 0.6 is 11.8 Å². The summed E-state index contributed by atoms with van der Waals surface area (Å²) >= 11 is 1.51. The summed E-state index contributed by atoms with van der Waals surface area (Å²) in [4.78, 5) is 34.2. The van der Waals surface area contributed by atoms with Crippen LogP contribution in [0.15, 0.2) is 53.6 Å².